The van der Waals surface area contributed by atoms with Gasteiger partial charge in [-0.3, -0.25) is 9.52 Å². The van der Waals surface area contributed by atoms with Gasteiger partial charge in [0.25, 0.3) is 5.91 Å². The van der Waals surface area contributed by atoms with Gasteiger partial charge in [-0.1, -0.05) is 6.92 Å². The third-order valence-corrected chi connectivity index (χ3v) is 3.61. The summed E-state index contributed by atoms with van der Waals surface area (Å²) in [5, 5.41) is 0. The van der Waals surface area contributed by atoms with Crippen molar-refractivity contribution in [2.45, 2.75) is 20.3 Å². The van der Waals surface area contributed by atoms with E-state index in [0.717, 1.165) is 18.4 Å². The van der Waals surface area contributed by atoms with E-state index in [1.165, 1.54) is 11.9 Å². The number of rotatable bonds is 7. The molecule has 0 bridgehead atoms. The van der Waals surface area contributed by atoms with Crippen LogP contribution in [0.5, 0.6) is 0 Å². The van der Waals surface area contributed by atoms with Gasteiger partial charge in [-0.25, -0.2) is 17.6 Å². The molecule has 0 saturated heterocycles. The van der Waals surface area contributed by atoms with Crippen molar-refractivity contribution in [3.05, 3.63) is 29.1 Å². The number of benzene rings is 1. The molecule has 0 aliphatic rings. The third-order valence-electron chi connectivity index (χ3n) is 3.02. The highest BCUT2D eigenvalue weighted by atomic mass is 32.2. The molecule has 0 spiro atoms. The third kappa shape index (κ3) is 5.19. The Morgan fingerprint density at radius 1 is 1.29 bits per heavy atom. The van der Waals surface area contributed by atoms with Crippen molar-refractivity contribution in [2.75, 3.05) is 31.2 Å². The zero-order valence-electron chi connectivity index (χ0n) is 14.1. The molecule has 0 aliphatic heterocycles. The zero-order chi connectivity index (χ0) is 18.5. The average molecular weight is 360 g/mol. The van der Waals surface area contributed by atoms with Gasteiger partial charge in [0.15, 0.2) is 5.82 Å². The Bertz CT molecular complexity index is 734. The first-order valence-electron chi connectivity index (χ1n) is 7.34. The van der Waals surface area contributed by atoms with E-state index in [0.29, 0.717) is 13.0 Å². The van der Waals surface area contributed by atoms with Crippen LogP contribution < -0.4 is 4.72 Å². The summed E-state index contributed by atoms with van der Waals surface area (Å²) in [6, 6.07) is 2.07. The highest BCUT2D eigenvalue weighted by Crippen LogP contribution is 2.24. The normalized spacial score (nSPS) is 11.0. The summed E-state index contributed by atoms with van der Waals surface area (Å²) in [7, 11) is -2.30. The number of ether oxygens (including phenoxy) is 1. The van der Waals surface area contributed by atoms with E-state index in [-0.39, 0.29) is 12.2 Å². The van der Waals surface area contributed by atoms with Gasteiger partial charge in [0.05, 0.1) is 29.7 Å². The highest BCUT2D eigenvalue weighted by molar-refractivity contribution is 7.92. The number of amides is 1. The van der Waals surface area contributed by atoms with Gasteiger partial charge in [-0.2, -0.15) is 0 Å². The number of nitrogens with zero attached hydrogens (tertiary/aromatic N) is 1. The minimum Gasteiger partial charge on any atom is -0.462 e. The van der Waals surface area contributed by atoms with Crippen LogP contribution in [0.2, 0.25) is 0 Å². The quantitative estimate of drug-likeness (QED) is 0.749. The maximum absolute atomic E-state index is 14.6. The number of carbonyl (C=O) groups excluding carboxylic acids is 2. The lowest BCUT2D eigenvalue weighted by atomic mass is 10.1. The minimum absolute atomic E-state index is 0.0874. The SMILES string of the molecule is CCCN(C)C(=O)c1cc(C(=O)OCC)cc(NS(C)(=O)=O)c1F. The van der Waals surface area contributed by atoms with Crippen LogP contribution in [0.1, 0.15) is 41.0 Å². The van der Waals surface area contributed by atoms with Crippen LogP contribution in [0.15, 0.2) is 12.1 Å². The molecule has 24 heavy (non-hydrogen) atoms. The van der Waals surface area contributed by atoms with Crippen molar-refractivity contribution in [1.29, 1.82) is 0 Å². The van der Waals surface area contributed by atoms with Crippen molar-refractivity contribution >= 4 is 27.6 Å². The minimum atomic E-state index is -3.79. The Kier molecular flexibility index (Phi) is 6.70. The predicted molar refractivity (Wildman–Crippen MR) is 88.1 cm³/mol. The van der Waals surface area contributed by atoms with E-state index < -0.39 is 39.0 Å². The van der Waals surface area contributed by atoms with Crippen molar-refractivity contribution in [2.24, 2.45) is 0 Å². The Balaban J connectivity index is 3.45. The number of nitrogens with one attached hydrogen (secondary N) is 1. The number of sulfonamides is 1. The Morgan fingerprint density at radius 2 is 1.92 bits per heavy atom. The second-order valence-corrected chi connectivity index (χ2v) is 6.96. The molecule has 1 N–H and O–H groups in total. The molecule has 1 rings (SSSR count). The molecule has 0 fully saturated rings. The van der Waals surface area contributed by atoms with E-state index in [9.17, 15) is 22.4 Å². The maximum Gasteiger partial charge on any atom is 0.338 e. The number of hydrogen-bond acceptors (Lipinski definition) is 5. The van der Waals surface area contributed by atoms with Crippen LogP contribution in [-0.2, 0) is 14.8 Å². The molecule has 0 atom stereocenters. The fourth-order valence-electron chi connectivity index (χ4n) is 2.03. The van der Waals surface area contributed by atoms with Crippen molar-refractivity contribution in [3.8, 4) is 0 Å². The van der Waals surface area contributed by atoms with Gasteiger partial charge in [0.2, 0.25) is 10.0 Å². The number of halogens is 1. The fraction of sp³-hybridized carbons (Fsp3) is 0.467. The monoisotopic (exact) mass is 360 g/mol. The lowest BCUT2D eigenvalue weighted by Gasteiger charge is -2.18. The average Bonchev–Trinajstić information content (AvgIpc) is 2.47. The molecule has 134 valence electrons. The first kappa shape index (κ1) is 19.9. The van der Waals surface area contributed by atoms with Gasteiger partial charge >= 0.3 is 5.97 Å². The number of esters is 1. The van der Waals surface area contributed by atoms with Crippen molar-refractivity contribution in [3.63, 3.8) is 0 Å². The molecule has 0 aliphatic carbocycles. The van der Waals surface area contributed by atoms with Crippen molar-refractivity contribution < 1.29 is 27.1 Å². The molecule has 7 nitrogen and oxygen atoms in total. The standard InChI is InChI=1S/C15H21FN2O5S/c1-5-7-18(3)14(19)11-8-10(15(20)23-6-2)9-12(13(11)16)17-24(4,21)22/h8-9,17H,5-7H2,1-4H3. The first-order valence-corrected chi connectivity index (χ1v) is 9.23. The molecule has 0 saturated carbocycles. The maximum atomic E-state index is 14.6. The Hall–Kier alpha value is -2.16. The van der Waals surface area contributed by atoms with Gasteiger partial charge in [0.1, 0.15) is 0 Å². The number of carbonyl (C=O) groups is 2. The van der Waals surface area contributed by atoms with E-state index in [1.54, 1.807) is 6.92 Å². The Labute approximate surface area is 140 Å². The second kappa shape index (κ2) is 8.09. The predicted octanol–water partition coefficient (Wildman–Crippen LogP) is 1.86. The van der Waals surface area contributed by atoms with Gasteiger partial charge < -0.3 is 9.64 Å². The van der Waals surface area contributed by atoms with E-state index in [1.807, 2.05) is 11.6 Å². The van der Waals surface area contributed by atoms with Crippen molar-refractivity contribution in [1.82, 2.24) is 4.90 Å². The molecule has 1 aromatic carbocycles. The molecule has 1 amide bonds. The van der Waals surface area contributed by atoms with Crippen LogP contribution in [0.3, 0.4) is 0 Å². The number of anilines is 1. The summed E-state index contributed by atoms with van der Waals surface area (Å²) in [6.45, 7) is 3.92. The smallest absolute Gasteiger partial charge is 0.338 e. The molecule has 9 heteroatoms. The van der Waals surface area contributed by atoms with Crippen LogP contribution in [0.4, 0.5) is 10.1 Å². The van der Waals surface area contributed by atoms with Crippen LogP contribution in [0.25, 0.3) is 0 Å². The summed E-state index contributed by atoms with van der Waals surface area (Å²) >= 11 is 0. The largest absolute Gasteiger partial charge is 0.462 e. The Morgan fingerprint density at radius 3 is 2.42 bits per heavy atom. The molecule has 0 aromatic heterocycles. The topological polar surface area (TPSA) is 92.8 Å². The summed E-state index contributed by atoms with van der Waals surface area (Å²) in [5.74, 6) is -2.47. The molecule has 0 radical (unpaired) electrons. The van der Waals surface area contributed by atoms with Crippen LogP contribution >= 0.6 is 0 Å². The highest BCUT2D eigenvalue weighted by Gasteiger charge is 2.23. The molecule has 1 aromatic rings. The zero-order valence-corrected chi connectivity index (χ0v) is 14.9. The van der Waals surface area contributed by atoms with E-state index in [2.05, 4.69) is 0 Å². The van der Waals surface area contributed by atoms with Crippen LogP contribution in [0, 0.1) is 5.82 Å². The second-order valence-electron chi connectivity index (χ2n) is 5.21. The fourth-order valence-corrected chi connectivity index (χ4v) is 2.58. The first-order chi connectivity index (χ1) is 11.1. The van der Waals surface area contributed by atoms with Gasteiger partial charge in [0, 0.05) is 13.6 Å². The lowest BCUT2D eigenvalue weighted by molar-refractivity contribution is 0.0526. The lowest BCUT2D eigenvalue weighted by Crippen LogP contribution is -2.29. The molecule has 0 unspecified atom stereocenters. The van der Waals surface area contributed by atoms with Crippen LogP contribution in [-0.4, -0.2) is 51.6 Å². The summed E-state index contributed by atoms with van der Waals surface area (Å²) in [6.07, 6.45) is 1.50. The van der Waals surface area contributed by atoms with E-state index in [4.69, 9.17) is 4.74 Å². The molecule has 0 heterocycles. The summed E-state index contributed by atoms with van der Waals surface area (Å²) < 4.78 is 44.1. The van der Waals surface area contributed by atoms with Gasteiger partial charge in [-0.15, -0.1) is 0 Å². The molecular formula is C15H21FN2O5S. The summed E-state index contributed by atoms with van der Waals surface area (Å²) in [5.41, 5.74) is -0.989. The van der Waals surface area contributed by atoms with E-state index >= 15 is 0 Å². The van der Waals surface area contributed by atoms with Gasteiger partial charge in [-0.05, 0) is 25.5 Å². The summed E-state index contributed by atoms with van der Waals surface area (Å²) in [4.78, 5) is 25.5. The molecular weight excluding hydrogens is 339 g/mol. The number of hydrogen-bond donors (Lipinski definition) is 1.